The van der Waals surface area contributed by atoms with Crippen LogP contribution in [-0.4, -0.2) is 18.0 Å². The zero-order chi connectivity index (χ0) is 15.0. The molecule has 3 rings (SSSR count). The van der Waals surface area contributed by atoms with Crippen LogP contribution in [0.5, 0.6) is 0 Å². The summed E-state index contributed by atoms with van der Waals surface area (Å²) >= 11 is 6.12. The Labute approximate surface area is 126 Å². The van der Waals surface area contributed by atoms with E-state index in [2.05, 4.69) is 4.98 Å². The Hall–Kier alpha value is -1.89. The van der Waals surface area contributed by atoms with Crippen molar-refractivity contribution >= 4 is 32.8 Å². The Bertz CT molecular complexity index is 919. The molecule has 1 aromatic heterocycles. The average molecular weight is 324 g/mol. The van der Waals surface area contributed by atoms with Gasteiger partial charge in [-0.1, -0.05) is 41.9 Å². The Balaban J connectivity index is 2.23. The molecule has 0 aliphatic rings. The molecule has 108 valence electrons. The number of para-hydroxylation sites is 2. The van der Waals surface area contributed by atoms with Gasteiger partial charge >= 0.3 is 15.3 Å². The van der Waals surface area contributed by atoms with Crippen LogP contribution in [0.2, 0.25) is 5.02 Å². The van der Waals surface area contributed by atoms with E-state index < -0.39 is 10.1 Å². The number of fused-ring (bicyclic) bond motifs is 1. The van der Waals surface area contributed by atoms with Crippen molar-refractivity contribution in [2.45, 2.75) is 11.7 Å². The van der Waals surface area contributed by atoms with Gasteiger partial charge in [0.05, 0.1) is 0 Å². The van der Waals surface area contributed by atoms with E-state index in [1.165, 1.54) is 4.57 Å². The van der Waals surface area contributed by atoms with Gasteiger partial charge in [-0.25, -0.2) is 9.55 Å². The number of rotatable bonds is 3. The first-order chi connectivity index (χ1) is 9.97. The van der Waals surface area contributed by atoms with E-state index in [-0.39, 0.29) is 11.7 Å². The number of imidazole rings is 1. The summed E-state index contributed by atoms with van der Waals surface area (Å²) in [6.07, 6.45) is 0. The number of aromatic amines is 1. The molecule has 0 saturated carbocycles. The largest absolute Gasteiger partial charge is 0.401 e. The third-order valence-corrected chi connectivity index (χ3v) is 4.39. The van der Waals surface area contributed by atoms with Crippen LogP contribution in [0.15, 0.2) is 53.7 Å². The second kappa shape index (κ2) is 5.14. The highest BCUT2D eigenvalue weighted by molar-refractivity contribution is 7.85. The number of aromatic nitrogens is 2. The molecule has 21 heavy (non-hydrogen) atoms. The standard InChI is InChI=1S/C14H11ClN2O3S/c15-11-6-2-1-5-10(11)9-17-13-8-4-3-7-12(13)16-14(17)21(18,19)20/h1-8H,9H2,(H,18,19,20)/p+1. The van der Waals surface area contributed by atoms with Crippen molar-refractivity contribution in [3.8, 4) is 0 Å². The van der Waals surface area contributed by atoms with Crippen LogP contribution in [-0.2, 0) is 16.7 Å². The van der Waals surface area contributed by atoms with Gasteiger partial charge in [-0.15, -0.1) is 0 Å². The molecule has 0 radical (unpaired) electrons. The SMILES string of the molecule is O=S(=O)(O)c1[nH]c2ccccc2[n+]1Cc1ccccc1Cl. The Morgan fingerprint density at radius 1 is 1.10 bits per heavy atom. The fourth-order valence-electron chi connectivity index (χ4n) is 2.26. The van der Waals surface area contributed by atoms with E-state index in [4.69, 9.17) is 11.6 Å². The number of H-pyrrole nitrogens is 1. The topological polar surface area (TPSA) is 74.0 Å². The summed E-state index contributed by atoms with van der Waals surface area (Å²) in [5, 5.41) is 0.278. The smallest absolute Gasteiger partial charge is 0.276 e. The van der Waals surface area contributed by atoms with Crippen molar-refractivity contribution in [2.75, 3.05) is 0 Å². The van der Waals surface area contributed by atoms with Gasteiger partial charge in [0.25, 0.3) is 0 Å². The van der Waals surface area contributed by atoms with Gasteiger partial charge in [0.2, 0.25) is 0 Å². The third kappa shape index (κ3) is 2.65. The number of hydrogen-bond acceptors (Lipinski definition) is 2. The molecule has 0 amide bonds. The molecule has 0 fully saturated rings. The van der Waals surface area contributed by atoms with E-state index in [0.29, 0.717) is 16.1 Å². The monoisotopic (exact) mass is 323 g/mol. The molecule has 0 aliphatic heterocycles. The van der Waals surface area contributed by atoms with Crippen LogP contribution < -0.4 is 4.57 Å². The number of benzene rings is 2. The van der Waals surface area contributed by atoms with Gasteiger partial charge in [0.1, 0.15) is 6.54 Å². The first-order valence-electron chi connectivity index (χ1n) is 6.18. The van der Waals surface area contributed by atoms with Gasteiger partial charge in [-0.3, -0.25) is 4.55 Å². The highest BCUT2D eigenvalue weighted by Gasteiger charge is 2.29. The van der Waals surface area contributed by atoms with Gasteiger partial charge in [0, 0.05) is 10.6 Å². The maximum absolute atomic E-state index is 11.6. The van der Waals surface area contributed by atoms with E-state index in [1.54, 1.807) is 36.4 Å². The summed E-state index contributed by atoms with van der Waals surface area (Å²) in [5.41, 5.74) is 2.06. The normalized spacial score (nSPS) is 11.9. The Morgan fingerprint density at radius 2 is 1.76 bits per heavy atom. The van der Waals surface area contributed by atoms with Crippen molar-refractivity contribution in [1.82, 2.24) is 4.98 Å². The lowest BCUT2D eigenvalue weighted by molar-refractivity contribution is -0.701. The van der Waals surface area contributed by atoms with Crippen molar-refractivity contribution in [3.63, 3.8) is 0 Å². The Kier molecular flexibility index (Phi) is 3.44. The lowest BCUT2D eigenvalue weighted by Crippen LogP contribution is -2.39. The fourth-order valence-corrected chi connectivity index (χ4v) is 3.14. The van der Waals surface area contributed by atoms with Crippen LogP contribution in [0.4, 0.5) is 0 Å². The van der Waals surface area contributed by atoms with E-state index >= 15 is 0 Å². The van der Waals surface area contributed by atoms with Gasteiger partial charge in [0.15, 0.2) is 11.0 Å². The van der Waals surface area contributed by atoms with Gasteiger partial charge < -0.3 is 0 Å². The molecular formula is C14H12ClN2O3S+. The first-order valence-corrected chi connectivity index (χ1v) is 8.00. The molecule has 7 heteroatoms. The molecule has 0 saturated heterocycles. The minimum atomic E-state index is -4.36. The summed E-state index contributed by atoms with van der Waals surface area (Å²) in [6.45, 7) is 0.235. The predicted molar refractivity (Wildman–Crippen MR) is 78.9 cm³/mol. The van der Waals surface area contributed by atoms with Crippen LogP contribution in [0, 0.1) is 0 Å². The number of nitrogens with zero attached hydrogens (tertiary/aromatic N) is 1. The molecule has 5 nitrogen and oxygen atoms in total. The van der Waals surface area contributed by atoms with E-state index in [1.807, 2.05) is 12.1 Å². The van der Waals surface area contributed by atoms with Gasteiger partial charge in [-0.2, -0.15) is 8.42 Å². The second-order valence-corrected chi connectivity index (χ2v) is 6.34. The minimum Gasteiger partial charge on any atom is -0.276 e. The molecule has 2 N–H and O–H groups in total. The van der Waals surface area contributed by atoms with Crippen LogP contribution >= 0.6 is 11.6 Å². The highest BCUT2D eigenvalue weighted by atomic mass is 35.5. The maximum Gasteiger partial charge on any atom is 0.401 e. The number of halogens is 1. The highest BCUT2D eigenvalue weighted by Crippen LogP contribution is 2.17. The maximum atomic E-state index is 11.6. The first kappa shape index (κ1) is 14.1. The van der Waals surface area contributed by atoms with Crippen molar-refractivity contribution < 1.29 is 17.5 Å². The molecule has 0 aliphatic carbocycles. The molecule has 2 aromatic carbocycles. The minimum absolute atomic E-state index is 0.235. The lowest BCUT2D eigenvalue weighted by Gasteiger charge is -2.03. The molecule has 1 heterocycles. The molecule has 0 unspecified atom stereocenters. The molecular weight excluding hydrogens is 312 g/mol. The summed E-state index contributed by atoms with van der Waals surface area (Å²) in [4.78, 5) is 2.73. The molecule has 0 bridgehead atoms. The molecule has 0 atom stereocenters. The molecule has 3 aromatic rings. The van der Waals surface area contributed by atoms with Crippen LogP contribution in [0.25, 0.3) is 11.0 Å². The zero-order valence-corrected chi connectivity index (χ0v) is 12.4. The third-order valence-electron chi connectivity index (χ3n) is 3.21. The predicted octanol–water partition coefficient (Wildman–Crippen LogP) is 2.40. The number of hydrogen-bond donors (Lipinski definition) is 2. The number of nitrogens with one attached hydrogen (secondary N) is 1. The quantitative estimate of drug-likeness (QED) is 0.574. The summed E-state index contributed by atoms with van der Waals surface area (Å²) < 4.78 is 34.0. The summed E-state index contributed by atoms with van der Waals surface area (Å²) in [6, 6.07) is 14.3. The van der Waals surface area contributed by atoms with Crippen molar-refractivity contribution in [2.24, 2.45) is 0 Å². The van der Waals surface area contributed by atoms with Crippen molar-refractivity contribution in [1.29, 1.82) is 0 Å². The van der Waals surface area contributed by atoms with E-state index in [0.717, 1.165) is 5.56 Å². The average Bonchev–Trinajstić information content (AvgIpc) is 2.80. The lowest BCUT2D eigenvalue weighted by atomic mass is 10.2. The van der Waals surface area contributed by atoms with Gasteiger partial charge in [-0.05, 0) is 18.2 Å². The second-order valence-electron chi connectivity index (χ2n) is 4.60. The summed E-state index contributed by atoms with van der Waals surface area (Å²) in [7, 11) is -4.36. The Morgan fingerprint density at radius 3 is 2.48 bits per heavy atom. The molecule has 0 spiro atoms. The summed E-state index contributed by atoms with van der Waals surface area (Å²) in [5.74, 6) is 0. The van der Waals surface area contributed by atoms with Crippen LogP contribution in [0.1, 0.15) is 5.56 Å². The fraction of sp³-hybridized carbons (Fsp3) is 0.0714. The van der Waals surface area contributed by atoms with Crippen LogP contribution in [0.3, 0.4) is 0 Å². The van der Waals surface area contributed by atoms with Crippen molar-refractivity contribution in [3.05, 3.63) is 59.1 Å². The van der Waals surface area contributed by atoms with E-state index in [9.17, 15) is 13.0 Å². The zero-order valence-electron chi connectivity index (χ0n) is 10.8.